The Balaban J connectivity index is 1.92. The zero-order valence-corrected chi connectivity index (χ0v) is 9.45. The molecule has 0 aromatic carbocycles. The van der Waals surface area contributed by atoms with Crippen molar-refractivity contribution in [3.05, 3.63) is 0 Å². The molecule has 2 rings (SSSR count). The topological polar surface area (TPSA) is 46.6 Å². The Morgan fingerprint density at radius 1 is 1.53 bits per heavy atom. The van der Waals surface area contributed by atoms with Gasteiger partial charge in [-0.1, -0.05) is 0 Å². The predicted octanol–water partition coefficient (Wildman–Crippen LogP) is 1.44. The lowest BCUT2D eigenvalue weighted by Gasteiger charge is -2.25. The number of ether oxygens (including phenoxy) is 1. The van der Waals surface area contributed by atoms with Crippen LogP contribution in [0.5, 0.6) is 0 Å². The molecular weight excluding hydrogens is 194 g/mol. The molecule has 0 aromatic heterocycles. The predicted molar refractivity (Wildman–Crippen MR) is 54.4 cm³/mol. The first kappa shape index (κ1) is 10.5. The minimum Gasteiger partial charge on any atom is -0.444 e. The van der Waals surface area contributed by atoms with Crippen LogP contribution in [0.1, 0.15) is 27.2 Å². The quantitative estimate of drug-likeness (QED) is 0.616. The summed E-state index contributed by atoms with van der Waals surface area (Å²) in [6.07, 6.45) is 1.65. The molecule has 0 N–H and O–H groups in total. The lowest BCUT2D eigenvalue weighted by atomic mass is 10.1. The van der Waals surface area contributed by atoms with Gasteiger partial charge in [-0.05, 0) is 33.1 Å². The molecule has 15 heavy (non-hydrogen) atoms. The highest BCUT2D eigenvalue weighted by molar-refractivity contribution is 5.73. The molecule has 1 saturated carbocycles. The van der Waals surface area contributed by atoms with Crippen molar-refractivity contribution in [1.82, 2.24) is 4.90 Å². The van der Waals surface area contributed by atoms with E-state index in [1.165, 1.54) is 0 Å². The van der Waals surface area contributed by atoms with Crippen molar-refractivity contribution in [2.45, 2.75) is 32.8 Å². The van der Waals surface area contributed by atoms with Crippen molar-refractivity contribution in [2.24, 2.45) is 11.3 Å². The van der Waals surface area contributed by atoms with Crippen molar-refractivity contribution in [3.63, 3.8) is 0 Å². The summed E-state index contributed by atoms with van der Waals surface area (Å²) in [7, 11) is 0. The molecule has 1 amide bonds. The number of hydrogen-bond donors (Lipinski definition) is 0. The van der Waals surface area contributed by atoms with Gasteiger partial charge >= 0.3 is 6.09 Å². The smallest absolute Gasteiger partial charge is 0.410 e. The van der Waals surface area contributed by atoms with E-state index in [4.69, 9.17) is 4.74 Å². The summed E-state index contributed by atoms with van der Waals surface area (Å²) in [5.74, 6) is 0.377. The number of likely N-dealkylation sites (tertiary alicyclic amines) is 1. The second-order valence-corrected chi connectivity index (χ2v) is 5.61. The molecule has 2 aliphatic rings. The van der Waals surface area contributed by atoms with E-state index in [9.17, 15) is 9.59 Å². The number of carbonyl (C=O) groups excluding carboxylic acids is 2. The van der Waals surface area contributed by atoms with Gasteiger partial charge in [0.15, 0.2) is 0 Å². The Morgan fingerprint density at radius 3 is 2.67 bits per heavy atom. The van der Waals surface area contributed by atoms with Gasteiger partial charge in [0, 0.05) is 18.5 Å². The Hall–Kier alpha value is -1.06. The molecule has 2 fully saturated rings. The number of nitrogens with zero attached hydrogens (tertiary/aromatic N) is 1. The van der Waals surface area contributed by atoms with Crippen LogP contribution in [-0.4, -0.2) is 36.0 Å². The molecule has 1 aliphatic heterocycles. The van der Waals surface area contributed by atoms with Gasteiger partial charge in [0.1, 0.15) is 11.9 Å². The maximum absolute atomic E-state index is 11.7. The van der Waals surface area contributed by atoms with Crippen LogP contribution in [0.15, 0.2) is 0 Å². The van der Waals surface area contributed by atoms with Crippen LogP contribution in [0.4, 0.5) is 4.79 Å². The van der Waals surface area contributed by atoms with Gasteiger partial charge in [0.25, 0.3) is 0 Å². The van der Waals surface area contributed by atoms with Gasteiger partial charge in [-0.15, -0.1) is 0 Å². The zero-order chi connectivity index (χ0) is 11.3. The molecule has 0 aromatic rings. The van der Waals surface area contributed by atoms with Gasteiger partial charge < -0.3 is 14.4 Å². The Morgan fingerprint density at radius 2 is 2.20 bits per heavy atom. The van der Waals surface area contributed by atoms with Crippen LogP contribution in [0.2, 0.25) is 0 Å². The fourth-order valence-electron chi connectivity index (χ4n) is 2.17. The third-order valence-corrected chi connectivity index (χ3v) is 3.09. The van der Waals surface area contributed by atoms with E-state index in [2.05, 4.69) is 0 Å². The van der Waals surface area contributed by atoms with Crippen molar-refractivity contribution < 1.29 is 14.3 Å². The summed E-state index contributed by atoms with van der Waals surface area (Å²) in [6, 6.07) is 0. The second kappa shape index (κ2) is 2.97. The zero-order valence-electron chi connectivity index (χ0n) is 9.45. The highest BCUT2D eigenvalue weighted by atomic mass is 16.6. The molecule has 4 nitrogen and oxygen atoms in total. The van der Waals surface area contributed by atoms with Crippen LogP contribution >= 0.6 is 0 Å². The summed E-state index contributed by atoms with van der Waals surface area (Å²) in [5.41, 5.74) is -0.685. The van der Waals surface area contributed by atoms with Crippen molar-refractivity contribution in [3.8, 4) is 0 Å². The molecular formula is C11H17NO3. The molecule has 84 valence electrons. The Kier molecular flexibility index (Phi) is 2.07. The maximum atomic E-state index is 11.7. The number of amides is 1. The largest absolute Gasteiger partial charge is 0.444 e. The lowest BCUT2D eigenvalue weighted by molar-refractivity contribution is -0.112. The Bertz CT molecular complexity index is 307. The fourth-order valence-corrected chi connectivity index (χ4v) is 2.17. The molecule has 1 saturated heterocycles. The molecule has 0 spiro atoms. The molecule has 2 atom stereocenters. The minimum absolute atomic E-state index is 0.225. The molecule has 1 heterocycles. The summed E-state index contributed by atoms with van der Waals surface area (Å²) >= 11 is 0. The van der Waals surface area contributed by atoms with E-state index in [-0.39, 0.29) is 11.5 Å². The van der Waals surface area contributed by atoms with E-state index in [0.717, 1.165) is 12.7 Å². The van der Waals surface area contributed by atoms with Gasteiger partial charge in [0.05, 0.1) is 0 Å². The van der Waals surface area contributed by atoms with Gasteiger partial charge in [0.2, 0.25) is 0 Å². The van der Waals surface area contributed by atoms with Gasteiger partial charge in [-0.2, -0.15) is 0 Å². The molecule has 0 unspecified atom stereocenters. The number of hydrogen-bond acceptors (Lipinski definition) is 3. The Labute approximate surface area is 89.6 Å². The van der Waals surface area contributed by atoms with Crippen LogP contribution in [-0.2, 0) is 9.53 Å². The highest BCUT2D eigenvalue weighted by Gasteiger charge is 2.61. The number of fused-ring (bicyclic) bond motifs is 1. The lowest BCUT2D eigenvalue weighted by Crippen LogP contribution is -2.37. The van der Waals surface area contributed by atoms with E-state index in [1.807, 2.05) is 20.8 Å². The van der Waals surface area contributed by atoms with E-state index in [1.54, 1.807) is 4.90 Å². The summed E-state index contributed by atoms with van der Waals surface area (Å²) in [4.78, 5) is 24.2. The number of piperidine rings is 1. The average Bonchev–Trinajstić information content (AvgIpc) is 2.66. The first-order valence-corrected chi connectivity index (χ1v) is 5.31. The summed E-state index contributed by atoms with van der Waals surface area (Å²) in [5, 5.41) is 0. The van der Waals surface area contributed by atoms with Crippen LogP contribution in [0.25, 0.3) is 0 Å². The summed E-state index contributed by atoms with van der Waals surface area (Å²) < 4.78 is 5.25. The first-order chi connectivity index (χ1) is 6.86. The van der Waals surface area contributed by atoms with Crippen LogP contribution in [0, 0.1) is 11.3 Å². The third kappa shape index (κ3) is 1.85. The van der Waals surface area contributed by atoms with Gasteiger partial charge in [-0.3, -0.25) is 0 Å². The molecule has 0 bridgehead atoms. The van der Waals surface area contributed by atoms with E-state index >= 15 is 0 Å². The normalized spacial score (nSPS) is 33.5. The number of aldehydes is 1. The average molecular weight is 211 g/mol. The first-order valence-electron chi connectivity index (χ1n) is 5.31. The SMILES string of the molecule is CC(C)(C)OC(=O)N1C[C@H]2C[C@]2(C=O)C1. The van der Waals surface area contributed by atoms with Crippen LogP contribution in [0.3, 0.4) is 0 Å². The van der Waals surface area contributed by atoms with Crippen molar-refractivity contribution >= 4 is 12.4 Å². The van der Waals surface area contributed by atoms with Crippen LogP contribution < -0.4 is 0 Å². The minimum atomic E-state index is -0.460. The molecule has 1 aliphatic carbocycles. The number of rotatable bonds is 1. The van der Waals surface area contributed by atoms with Crippen molar-refractivity contribution in [2.75, 3.05) is 13.1 Å². The van der Waals surface area contributed by atoms with Crippen molar-refractivity contribution in [1.29, 1.82) is 0 Å². The van der Waals surface area contributed by atoms with Gasteiger partial charge in [-0.25, -0.2) is 4.79 Å². The summed E-state index contributed by atoms with van der Waals surface area (Å²) in [6.45, 7) is 6.75. The standard InChI is InChI=1S/C11H17NO3/c1-10(2,3)15-9(14)12-5-8-4-11(8,6-12)7-13/h7-8H,4-6H2,1-3H3/t8-,11-/m1/s1. The number of carbonyl (C=O) groups is 2. The van der Waals surface area contributed by atoms with E-state index in [0.29, 0.717) is 19.0 Å². The monoisotopic (exact) mass is 211 g/mol. The third-order valence-electron chi connectivity index (χ3n) is 3.09. The van der Waals surface area contributed by atoms with E-state index < -0.39 is 5.60 Å². The maximum Gasteiger partial charge on any atom is 0.410 e. The second-order valence-electron chi connectivity index (χ2n) is 5.61. The fraction of sp³-hybridized carbons (Fsp3) is 0.818. The molecule has 4 heteroatoms. The highest BCUT2D eigenvalue weighted by Crippen LogP contribution is 2.56. The molecule has 0 radical (unpaired) electrons.